The first-order chi connectivity index (χ1) is 3.89. The number of nitrogens with two attached hydrogens (primary N) is 2. The fourth-order valence-corrected chi connectivity index (χ4v) is 0.345. The van der Waals surface area contributed by atoms with Crippen molar-refractivity contribution in [2.45, 2.75) is 0 Å². The van der Waals surface area contributed by atoms with Crippen molar-refractivity contribution in [2.24, 2.45) is 8.58 Å². The molecule has 68 valence electrons. The van der Waals surface area contributed by atoms with E-state index >= 15 is 0 Å². The number of hydrogen-bond acceptors (Lipinski definition) is 6. The summed E-state index contributed by atoms with van der Waals surface area (Å²) < 4.78 is 6.72. The molecule has 0 aromatic carbocycles. The van der Waals surface area contributed by atoms with Gasteiger partial charge in [-0.2, -0.15) is 0 Å². The standard InChI is InChI=1S/2NO2.2H2N.2Pt/c2*2-1-3;;;;/h;;2*1H2;;/q;;2*-1;;+2. The van der Waals surface area contributed by atoms with Crippen molar-refractivity contribution in [3.8, 4) is 0 Å². The van der Waals surface area contributed by atoms with Gasteiger partial charge in [-0.25, -0.2) is 0 Å². The van der Waals surface area contributed by atoms with Crippen LogP contribution in [0, 0.1) is 20.2 Å². The Morgan fingerprint density at radius 2 is 1.30 bits per heavy atom. The first kappa shape index (κ1) is 12.7. The van der Waals surface area contributed by atoms with Crippen LogP contribution < -0.4 is 8.58 Å². The summed E-state index contributed by atoms with van der Waals surface area (Å²) in [6, 6.07) is 0. The van der Waals surface area contributed by atoms with Gasteiger partial charge in [0.05, 0.1) is 0 Å². The summed E-state index contributed by atoms with van der Waals surface area (Å²) in [4.78, 5) is 19.3. The van der Waals surface area contributed by atoms with Gasteiger partial charge in [-0.05, 0) is 0 Å². The summed E-state index contributed by atoms with van der Waals surface area (Å²) in [5.41, 5.74) is 0. The van der Waals surface area contributed by atoms with Crippen LogP contribution in [0.3, 0.4) is 0 Å². The van der Waals surface area contributed by atoms with Crippen molar-refractivity contribution in [2.75, 3.05) is 0 Å². The maximum Gasteiger partial charge on any atom is 0 e. The Bertz CT molecular complexity index is 137. The second-order valence-corrected chi connectivity index (χ2v) is 6.09. The fraction of sp³-hybridized carbons (Fsp3) is 0. The summed E-state index contributed by atoms with van der Waals surface area (Å²) in [5.74, 6) is 0. The van der Waals surface area contributed by atoms with E-state index in [4.69, 9.17) is 0 Å². The topological polar surface area (TPSA) is 138 Å². The van der Waals surface area contributed by atoms with Gasteiger partial charge in [-0.3, -0.25) is 0 Å². The van der Waals surface area contributed by atoms with Crippen molar-refractivity contribution in [1.29, 1.82) is 0 Å². The predicted octanol–water partition coefficient (Wildman–Crippen LogP) is -1.73. The maximum atomic E-state index is 9.66. The number of hydrogen-bond donors (Lipinski definition) is 2. The predicted molar refractivity (Wildman–Crippen MR) is 22.4 cm³/mol. The molecular formula is H4N4O4Pt2. The molecule has 0 rings (SSSR count). The molecule has 0 aliphatic heterocycles. The van der Waals surface area contributed by atoms with E-state index in [1.54, 1.807) is 0 Å². The molecule has 0 aromatic rings. The van der Waals surface area contributed by atoms with Crippen LogP contribution in [0.4, 0.5) is 0 Å². The number of rotatable bonds is 2. The monoisotopic (exact) mass is 514 g/mol. The van der Waals surface area contributed by atoms with Gasteiger partial charge < -0.3 is 0 Å². The average molecular weight is 514 g/mol. The van der Waals surface area contributed by atoms with Crippen LogP contribution >= 0.6 is 0 Å². The van der Waals surface area contributed by atoms with E-state index in [0.717, 1.165) is 0 Å². The average Bonchev–Trinajstić information content (AvgIpc) is 1.65. The molecule has 10 heavy (non-hydrogen) atoms. The first-order valence-corrected chi connectivity index (χ1v) is 6.03. The quantitative estimate of drug-likeness (QED) is 0.332. The minimum Gasteiger partial charge on any atom is 0 e. The van der Waals surface area contributed by atoms with Crippen LogP contribution in [0.25, 0.3) is 0 Å². The van der Waals surface area contributed by atoms with E-state index in [-0.39, 0.29) is 21.1 Å². The number of nitro groups is 2. The van der Waals surface area contributed by atoms with E-state index in [1.165, 1.54) is 0 Å². The Morgan fingerprint density at radius 3 is 1.30 bits per heavy atom. The van der Waals surface area contributed by atoms with Crippen LogP contribution in [0.1, 0.15) is 0 Å². The fourth-order valence-electron chi connectivity index (χ4n) is 0.0422. The van der Waals surface area contributed by atoms with Gasteiger partial charge >= 0.3 is 52.8 Å². The summed E-state index contributed by atoms with van der Waals surface area (Å²) in [6.07, 6.45) is 0. The van der Waals surface area contributed by atoms with Crippen LogP contribution in [0.5, 0.6) is 0 Å². The van der Waals surface area contributed by atoms with Gasteiger partial charge in [0, 0.05) is 21.1 Å². The minimum atomic E-state index is -4.82. The zero-order chi connectivity index (χ0) is 7.65. The summed E-state index contributed by atoms with van der Waals surface area (Å²) in [5, 5.41) is 19.3. The molecule has 0 saturated carbocycles. The molecule has 4 N–H and O–H groups in total. The van der Waals surface area contributed by atoms with Crippen molar-refractivity contribution >= 4 is 0 Å². The van der Waals surface area contributed by atoms with Crippen molar-refractivity contribution in [3.63, 3.8) is 0 Å². The molecule has 0 bridgehead atoms. The number of nitrogens with zero attached hydrogens (tertiary/aromatic N) is 2. The first-order valence-electron chi connectivity index (χ1n) is 1.38. The maximum absolute atomic E-state index is 9.66. The van der Waals surface area contributed by atoms with E-state index in [2.05, 4.69) is 8.58 Å². The zero-order valence-electron chi connectivity index (χ0n) is 4.31. The van der Waals surface area contributed by atoms with E-state index < -0.39 is 24.0 Å². The van der Waals surface area contributed by atoms with Crippen molar-refractivity contribution in [3.05, 3.63) is 20.2 Å². The molecule has 0 radical (unpaired) electrons. The molecule has 0 spiro atoms. The Balaban J connectivity index is 0. The van der Waals surface area contributed by atoms with Crippen molar-refractivity contribution < 1.29 is 45.1 Å². The molecule has 0 amide bonds. The molecular weight excluding hydrogens is 510 g/mol. The second kappa shape index (κ2) is 4.08. The molecule has 8 nitrogen and oxygen atoms in total. The van der Waals surface area contributed by atoms with E-state index in [1.807, 2.05) is 0 Å². The van der Waals surface area contributed by atoms with Gasteiger partial charge in [-0.1, -0.05) is 0 Å². The van der Waals surface area contributed by atoms with Crippen LogP contribution in [0.15, 0.2) is 0 Å². The van der Waals surface area contributed by atoms with Gasteiger partial charge in [0.15, 0.2) is 0 Å². The summed E-state index contributed by atoms with van der Waals surface area (Å²) in [7, 11) is 0. The molecule has 0 aromatic heterocycles. The Kier molecular flexibility index (Phi) is 5.19. The van der Waals surface area contributed by atoms with E-state index in [9.17, 15) is 20.2 Å². The zero-order valence-corrected chi connectivity index (χ0v) is 8.86. The summed E-state index contributed by atoms with van der Waals surface area (Å²) in [6.45, 7) is 0. The van der Waals surface area contributed by atoms with Crippen LogP contribution in [-0.2, 0) is 38.1 Å². The normalized spacial score (nSPS) is 11.4. The Labute approximate surface area is 73.9 Å². The third kappa shape index (κ3) is 2.79. The van der Waals surface area contributed by atoms with Crippen molar-refractivity contribution in [1.82, 2.24) is 0 Å². The second-order valence-electron chi connectivity index (χ2n) is 0.875. The molecule has 0 aliphatic carbocycles. The smallest absolute Gasteiger partial charge is 0 e. The van der Waals surface area contributed by atoms with Gasteiger partial charge in [0.25, 0.3) is 0 Å². The third-order valence-electron chi connectivity index (χ3n) is 0.370. The third-order valence-corrected chi connectivity index (χ3v) is 3.03. The molecule has 0 heterocycles. The van der Waals surface area contributed by atoms with Gasteiger partial charge in [0.1, 0.15) is 0 Å². The molecule has 0 fully saturated rings. The SMILES string of the molecule is [NH2][Pt]([NH2])([N+](=O)[O-])[N+](=O)[O-].[Pt]. The van der Waals surface area contributed by atoms with Gasteiger partial charge in [-0.15, -0.1) is 0 Å². The molecule has 0 atom stereocenters. The largest absolute Gasteiger partial charge is 0 e. The molecule has 0 unspecified atom stereocenters. The molecule has 0 aliphatic rings. The Hall–Kier alpha value is 0.0966. The van der Waals surface area contributed by atoms with Gasteiger partial charge in [0.2, 0.25) is 0 Å². The minimum absolute atomic E-state index is 0. The van der Waals surface area contributed by atoms with Crippen LogP contribution in [-0.4, -0.2) is 6.96 Å². The Morgan fingerprint density at radius 1 is 1.10 bits per heavy atom. The van der Waals surface area contributed by atoms with E-state index in [0.29, 0.717) is 0 Å². The molecule has 0 saturated heterocycles. The van der Waals surface area contributed by atoms with Crippen LogP contribution in [0.2, 0.25) is 0 Å². The molecule has 10 heteroatoms. The summed E-state index contributed by atoms with van der Waals surface area (Å²) >= 11 is -4.82.